The van der Waals surface area contributed by atoms with Crippen molar-refractivity contribution in [2.45, 2.75) is 101 Å². The number of thiol groups is 2. The van der Waals surface area contributed by atoms with Gasteiger partial charge in [0, 0.05) is 19.0 Å². The van der Waals surface area contributed by atoms with Crippen molar-refractivity contribution in [1.29, 1.82) is 0 Å². The van der Waals surface area contributed by atoms with Gasteiger partial charge in [0.25, 0.3) is 0 Å². The van der Waals surface area contributed by atoms with Gasteiger partial charge in [-0.3, -0.25) is 0 Å². The summed E-state index contributed by atoms with van der Waals surface area (Å²) in [6.45, 7) is 9.67. The van der Waals surface area contributed by atoms with Crippen LogP contribution in [0.1, 0.15) is 79.1 Å². The van der Waals surface area contributed by atoms with Crippen LogP contribution in [0.25, 0.3) is 0 Å². The summed E-state index contributed by atoms with van der Waals surface area (Å²) in [7, 11) is -0.0983. The van der Waals surface area contributed by atoms with Crippen LogP contribution in [-0.2, 0) is 0 Å². The van der Waals surface area contributed by atoms with Gasteiger partial charge in [0.15, 0.2) is 0 Å². The molecule has 0 amide bonds. The summed E-state index contributed by atoms with van der Waals surface area (Å²) in [4.78, 5) is 0. The predicted octanol–water partition coefficient (Wildman–Crippen LogP) is 7.75. The molecule has 3 heteroatoms. The fraction of sp³-hybridized carbons (Fsp3) is 0.667. The molecule has 156 valence electrons. The van der Waals surface area contributed by atoms with Crippen LogP contribution in [0.2, 0.25) is 12.1 Å². The lowest BCUT2D eigenvalue weighted by atomic mass is 10.00. The van der Waals surface area contributed by atoms with Crippen molar-refractivity contribution in [2.75, 3.05) is 0 Å². The molecule has 2 rings (SSSR count). The molecule has 0 aromatic carbocycles. The monoisotopic (exact) mass is 424 g/mol. The van der Waals surface area contributed by atoms with E-state index < -0.39 is 0 Å². The van der Waals surface area contributed by atoms with Gasteiger partial charge < -0.3 is 0 Å². The molecule has 0 saturated heterocycles. The molecule has 2 atom stereocenters. The minimum absolute atomic E-state index is 0.0265. The smallest absolute Gasteiger partial charge is 0.0229 e. The van der Waals surface area contributed by atoms with E-state index in [1.54, 1.807) is 12.1 Å². The Bertz CT molecular complexity index is 479. The summed E-state index contributed by atoms with van der Waals surface area (Å²) < 4.78 is 1.22. The summed E-state index contributed by atoms with van der Waals surface area (Å²) in [5.41, 5.74) is 0. The zero-order chi connectivity index (χ0) is 19.6. The van der Waals surface area contributed by atoms with Crippen LogP contribution >= 0.6 is 21.8 Å². The lowest BCUT2D eigenvalue weighted by Crippen LogP contribution is -2.33. The van der Waals surface area contributed by atoms with E-state index in [9.17, 15) is 0 Å². The maximum absolute atomic E-state index is 2.56. The molecule has 0 spiro atoms. The molecular formula is C24H44S2Si. The SMILES string of the molecule is CCCCC(CC)(C[SiH2]CC(CC)(CCCC)[SH]1C=CC=C1)[SH]1C=CC=C1. The summed E-state index contributed by atoms with van der Waals surface area (Å²) in [6, 6.07) is 3.13. The largest absolute Gasteiger partial charge is 0.208 e. The molecule has 2 aliphatic heterocycles. The molecule has 27 heavy (non-hydrogen) atoms. The second-order valence-electron chi connectivity index (χ2n) is 8.40. The van der Waals surface area contributed by atoms with E-state index in [-0.39, 0.29) is 31.3 Å². The van der Waals surface area contributed by atoms with Crippen molar-refractivity contribution in [3.05, 3.63) is 45.9 Å². The number of hydrogen-bond donors (Lipinski definition) is 2. The van der Waals surface area contributed by atoms with E-state index in [0.717, 1.165) is 0 Å². The van der Waals surface area contributed by atoms with E-state index in [1.165, 1.54) is 51.4 Å². The van der Waals surface area contributed by atoms with E-state index in [0.29, 0.717) is 9.49 Å². The predicted molar refractivity (Wildman–Crippen MR) is 138 cm³/mol. The maximum Gasteiger partial charge on any atom is 0.0229 e. The number of allylic oxidation sites excluding steroid dienone is 4. The average molecular weight is 425 g/mol. The number of rotatable bonds is 14. The highest BCUT2D eigenvalue weighted by molar-refractivity contribution is 8.23. The van der Waals surface area contributed by atoms with Gasteiger partial charge >= 0.3 is 0 Å². The number of unbranched alkanes of at least 4 members (excludes halogenated alkanes) is 2. The molecule has 2 unspecified atom stereocenters. The van der Waals surface area contributed by atoms with Gasteiger partial charge in [-0.2, -0.15) is 0 Å². The Kier molecular flexibility index (Phi) is 10.1. The topological polar surface area (TPSA) is 0 Å². The molecular weight excluding hydrogens is 380 g/mol. The highest BCUT2D eigenvalue weighted by atomic mass is 32.2. The van der Waals surface area contributed by atoms with Gasteiger partial charge in [-0.15, -0.1) is 0 Å². The fourth-order valence-electron chi connectivity index (χ4n) is 4.90. The first-order chi connectivity index (χ1) is 13.2. The normalized spacial score (nSPS) is 23.0. The highest BCUT2D eigenvalue weighted by Gasteiger charge is 2.36. The lowest BCUT2D eigenvalue weighted by Gasteiger charge is -2.43. The molecule has 0 radical (unpaired) electrons. The summed E-state index contributed by atoms with van der Waals surface area (Å²) in [5.74, 6) is 0. The maximum atomic E-state index is 2.56. The van der Waals surface area contributed by atoms with Crippen LogP contribution in [-0.4, -0.2) is 19.0 Å². The van der Waals surface area contributed by atoms with Gasteiger partial charge in [0.05, 0.1) is 0 Å². The first-order valence-electron chi connectivity index (χ1n) is 11.4. The third kappa shape index (κ3) is 5.93. The number of hydrogen-bond acceptors (Lipinski definition) is 0. The summed E-state index contributed by atoms with van der Waals surface area (Å²) in [6.07, 6.45) is 20.4. The Morgan fingerprint density at radius 1 is 0.630 bits per heavy atom. The van der Waals surface area contributed by atoms with Gasteiger partial charge in [-0.05, 0) is 59.4 Å². The zero-order valence-corrected chi connectivity index (χ0v) is 21.5. The molecule has 0 aromatic rings. The van der Waals surface area contributed by atoms with E-state index in [2.05, 4.69) is 73.6 Å². The van der Waals surface area contributed by atoms with Gasteiger partial charge in [0.2, 0.25) is 0 Å². The molecule has 0 fully saturated rings. The van der Waals surface area contributed by atoms with Crippen molar-refractivity contribution in [3.8, 4) is 0 Å². The molecule has 0 aromatic heterocycles. The molecule has 0 N–H and O–H groups in total. The Balaban J connectivity index is 2.08. The van der Waals surface area contributed by atoms with Crippen LogP contribution in [0.15, 0.2) is 45.9 Å². The van der Waals surface area contributed by atoms with E-state index in [4.69, 9.17) is 0 Å². The Morgan fingerprint density at radius 3 is 1.30 bits per heavy atom. The molecule has 0 saturated carbocycles. The van der Waals surface area contributed by atoms with Crippen LogP contribution in [0.4, 0.5) is 0 Å². The standard InChI is InChI=1S/C24H44S2Si/c1-5-9-15-23(7-3,25-17-11-12-18-25)21-27-22-24(8-4,16-10-6-2)26-19-13-14-20-26/h11-14,17-20,25-26H,5-10,15-16,21-22,27H2,1-4H3. The minimum atomic E-state index is -0.0453. The lowest BCUT2D eigenvalue weighted by molar-refractivity contribution is 0.521. The van der Waals surface area contributed by atoms with Gasteiger partial charge in [-0.25, -0.2) is 21.8 Å². The average Bonchev–Trinajstić information content (AvgIpc) is 3.42. The van der Waals surface area contributed by atoms with Gasteiger partial charge in [0.1, 0.15) is 0 Å². The van der Waals surface area contributed by atoms with Crippen molar-refractivity contribution >= 4 is 31.3 Å². The van der Waals surface area contributed by atoms with Crippen LogP contribution in [0.5, 0.6) is 0 Å². The zero-order valence-electron chi connectivity index (χ0n) is 18.3. The van der Waals surface area contributed by atoms with Gasteiger partial charge in [-0.1, -0.05) is 77.7 Å². The molecule has 2 aliphatic rings. The van der Waals surface area contributed by atoms with Crippen molar-refractivity contribution in [2.24, 2.45) is 0 Å². The second-order valence-corrected chi connectivity index (χ2v) is 14.8. The third-order valence-corrected chi connectivity index (χ3v) is 16.1. The van der Waals surface area contributed by atoms with Crippen LogP contribution in [0.3, 0.4) is 0 Å². The molecule has 2 heterocycles. The third-order valence-electron chi connectivity index (χ3n) is 6.90. The molecule has 0 bridgehead atoms. The molecule has 0 nitrogen and oxygen atoms in total. The van der Waals surface area contributed by atoms with Crippen LogP contribution in [0, 0.1) is 0 Å². The molecule has 0 aliphatic carbocycles. The summed E-state index contributed by atoms with van der Waals surface area (Å²) in [5, 5.41) is 10.2. The highest BCUT2D eigenvalue weighted by Crippen LogP contribution is 2.56. The Hall–Kier alpha value is -0.123. The Labute approximate surface area is 177 Å². The quantitative estimate of drug-likeness (QED) is 0.206. The second kappa shape index (κ2) is 11.8. The van der Waals surface area contributed by atoms with Crippen molar-refractivity contribution < 1.29 is 0 Å². The van der Waals surface area contributed by atoms with Crippen molar-refractivity contribution in [1.82, 2.24) is 0 Å². The minimum Gasteiger partial charge on any atom is -0.208 e. The van der Waals surface area contributed by atoms with E-state index in [1.807, 2.05) is 0 Å². The van der Waals surface area contributed by atoms with E-state index >= 15 is 0 Å². The van der Waals surface area contributed by atoms with Crippen LogP contribution < -0.4 is 0 Å². The summed E-state index contributed by atoms with van der Waals surface area (Å²) >= 11 is 0. The fourth-order valence-corrected chi connectivity index (χ4v) is 14.8. The first-order valence-corrected chi connectivity index (χ1v) is 16.4. The van der Waals surface area contributed by atoms with Crippen molar-refractivity contribution in [3.63, 3.8) is 0 Å². The first kappa shape index (κ1) is 23.2. The Morgan fingerprint density at radius 2 is 1.00 bits per heavy atom.